The van der Waals surface area contributed by atoms with Gasteiger partial charge in [0.2, 0.25) is 41.4 Å². The molecule has 0 aliphatic carbocycles. The quantitative estimate of drug-likeness (QED) is 0.124. The zero-order valence-corrected chi connectivity index (χ0v) is 24.6. The van der Waals surface area contributed by atoms with E-state index in [0.29, 0.717) is 18.4 Å². The SMILES string of the molecule is CC(=O)N[C@H](Cc1ccc(O)cc1)C(=O)N1CCC[C@@H]1C(=O)N1C[C@@H](O)C[C@@H]1C(=O)NCC(=O)N[C@H](C)C(=O)NCC(N)=O. The van der Waals surface area contributed by atoms with Crippen molar-refractivity contribution in [2.45, 2.75) is 69.8 Å². The molecule has 0 radical (unpaired) electrons. The number of carbonyl (C=O) groups is 7. The van der Waals surface area contributed by atoms with Crippen molar-refractivity contribution in [3.8, 4) is 5.75 Å². The molecule has 3 rings (SSSR count). The number of carbonyl (C=O) groups excluding carboxylic acids is 7. The van der Waals surface area contributed by atoms with E-state index in [2.05, 4.69) is 21.3 Å². The van der Waals surface area contributed by atoms with Crippen LogP contribution in [0.4, 0.5) is 0 Å². The number of primary amides is 1. The number of aliphatic hydroxyl groups is 1. The zero-order valence-electron chi connectivity index (χ0n) is 24.6. The van der Waals surface area contributed by atoms with E-state index in [1.54, 1.807) is 12.1 Å². The molecule has 2 aliphatic heterocycles. The number of nitrogens with zero attached hydrogens (tertiary/aromatic N) is 2. The van der Waals surface area contributed by atoms with E-state index in [1.165, 1.54) is 35.8 Å². The van der Waals surface area contributed by atoms with E-state index in [9.17, 15) is 43.8 Å². The molecule has 2 aliphatic rings. The van der Waals surface area contributed by atoms with Crippen LogP contribution in [0.2, 0.25) is 0 Å². The van der Waals surface area contributed by atoms with Gasteiger partial charge in [0.05, 0.1) is 19.2 Å². The van der Waals surface area contributed by atoms with Gasteiger partial charge in [-0.05, 0) is 37.5 Å². The van der Waals surface area contributed by atoms with Gasteiger partial charge in [-0.1, -0.05) is 12.1 Å². The van der Waals surface area contributed by atoms with Crippen molar-refractivity contribution >= 4 is 41.4 Å². The molecule has 0 spiro atoms. The highest BCUT2D eigenvalue weighted by Crippen LogP contribution is 2.26. The molecule has 7 amide bonds. The first-order valence-corrected chi connectivity index (χ1v) is 14.2. The van der Waals surface area contributed by atoms with Crippen molar-refractivity contribution < 1.29 is 43.8 Å². The number of aromatic hydroxyl groups is 1. The smallest absolute Gasteiger partial charge is 0.246 e. The first-order chi connectivity index (χ1) is 20.8. The maximum atomic E-state index is 13.7. The van der Waals surface area contributed by atoms with Gasteiger partial charge in [-0.2, -0.15) is 0 Å². The second-order valence-corrected chi connectivity index (χ2v) is 10.9. The average molecular weight is 618 g/mol. The first kappa shape index (κ1) is 33.8. The van der Waals surface area contributed by atoms with Gasteiger partial charge in [0.1, 0.15) is 29.9 Å². The number of phenolic OH excluding ortho intramolecular Hbond substituents is 1. The van der Waals surface area contributed by atoms with E-state index in [0.717, 1.165) is 0 Å². The summed E-state index contributed by atoms with van der Waals surface area (Å²) in [7, 11) is 0. The molecule has 0 saturated carbocycles. The van der Waals surface area contributed by atoms with Crippen LogP contribution in [0.3, 0.4) is 0 Å². The molecule has 1 aromatic carbocycles. The van der Waals surface area contributed by atoms with Crippen molar-refractivity contribution in [1.29, 1.82) is 0 Å². The van der Waals surface area contributed by atoms with Crippen molar-refractivity contribution in [2.24, 2.45) is 5.73 Å². The van der Waals surface area contributed by atoms with Crippen molar-refractivity contribution in [1.82, 2.24) is 31.1 Å². The minimum Gasteiger partial charge on any atom is -0.508 e. The molecule has 16 heteroatoms. The molecular weight excluding hydrogens is 578 g/mol. The predicted molar refractivity (Wildman–Crippen MR) is 153 cm³/mol. The average Bonchev–Trinajstić information content (AvgIpc) is 3.61. The van der Waals surface area contributed by atoms with Gasteiger partial charge in [-0.15, -0.1) is 0 Å². The standard InChI is InChI=1S/C28H39N7O9/c1-15(25(41)30-12-23(29)39)32-24(40)13-31-26(42)22-11-19(38)14-35(22)28(44)21-4-3-9-34(21)27(43)20(33-16(2)36)10-17-5-7-18(37)8-6-17/h5-8,15,19-22,37-38H,3-4,9-14H2,1-2H3,(H2,29,39)(H,30,41)(H,31,42)(H,32,40)(H,33,36)/t15-,19+,20-,21-,22-/m1/s1. The number of β-amino-alcohol motifs (C(OH)–C–C–N with tert-alkyl or cyclic N) is 1. The maximum Gasteiger partial charge on any atom is 0.246 e. The van der Waals surface area contributed by atoms with Crippen LogP contribution in [0.15, 0.2) is 24.3 Å². The molecule has 0 unspecified atom stereocenters. The second-order valence-electron chi connectivity index (χ2n) is 10.9. The number of hydrogen-bond donors (Lipinski definition) is 7. The van der Waals surface area contributed by atoms with Crippen LogP contribution in [0.5, 0.6) is 5.75 Å². The van der Waals surface area contributed by atoms with Gasteiger partial charge >= 0.3 is 0 Å². The number of nitrogens with two attached hydrogens (primary N) is 1. The Balaban J connectivity index is 1.64. The highest BCUT2D eigenvalue weighted by molar-refractivity contribution is 5.96. The summed E-state index contributed by atoms with van der Waals surface area (Å²) in [5.74, 6) is -4.22. The summed E-state index contributed by atoms with van der Waals surface area (Å²) in [6.45, 7) is 1.82. The van der Waals surface area contributed by atoms with Crippen molar-refractivity contribution in [2.75, 3.05) is 26.2 Å². The van der Waals surface area contributed by atoms with E-state index < -0.39 is 84.7 Å². The molecule has 2 heterocycles. The fourth-order valence-electron chi connectivity index (χ4n) is 5.27. The van der Waals surface area contributed by atoms with Crippen LogP contribution >= 0.6 is 0 Å². The number of likely N-dealkylation sites (tertiary alicyclic amines) is 2. The lowest BCUT2D eigenvalue weighted by molar-refractivity contribution is -0.148. The number of phenols is 1. The Hall–Kier alpha value is -4.73. The molecule has 240 valence electrons. The van der Waals surface area contributed by atoms with Crippen LogP contribution < -0.4 is 27.0 Å². The lowest BCUT2D eigenvalue weighted by atomic mass is 10.0. The molecule has 0 aromatic heterocycles. The topological polar surface area (TPSA) is 241 Å². The molecule has 2 fully saturated rings. The van der Waals surface area contributed by atoms with Crippen LogP contribution in [0, 0.1) is 0 Å². The Bertz CT molecular complexity index is 1270. The zero-order chi connectivity index (χ0) is 32.6. The highest BCUT2D eigenvalue weighted by Gasteiger charge is 2.45. The van der Waals surface area contributed by atoms with Gasteiger partial charge < -0.3 is 47.0 Å². The molecule has 5 atom stereocenters. The third-order valence-electron chi connectivity index (χ3n) is 7.37. The van der Waals surface area contributed by atoms with Gasteiger partial charge in [-0.25, -0.2) is 0 Å². The summed E-state index contributed by atoms with van der Waals surface area (Å²) in [5, 5.41) is 29.5. The monoisotopic (exact) mass is 617 g/mol. The lowest BCUT2D eigenvalue weighted by Gasteiger charge is -2.32. The van der Waals surface area contributed by atoms with Crippen molar-refractivity contribution in [3.05, 3.63) is 29.8 Å². The van der Waals surface area contributed by atoms with E-state index in [4.69, 9.17) is 5.73 Å². The molecule has 8 N–H and O–H groups in total. The molecule has 44 heavy (non-hydrogen) atoms. The third kappa shape index (κ3) is 9.13. The number of hydrogen-bond acceptors (Lipinski definition) is 9. The predicted octanol–water partition coefficient (Wildman–Crippen LogP) is -3.39. The summed E-state index contributed by atoms with van der Waals surface area (Å²) in [4.78, 5) is 89.9. The Morgan fingerprint density at radius 2 is 1.66 bits per heavy atom. The number of amides is 7. The van der Waals surface area contributed by atoms with Crippen LogP contribution in [0.1, 0.15) is 38.7 Å². The number of benzene rings is 1. The second kappa shape index (κ2) is 15.1. The lowest BCUT2D eigenvalue weighted by Crippen LogP contribution is -2.57. The molecule has 2 saturated heterocycles. The number of nitrogens with one attached hydrogen (secondary N) is 4. The summed E-state index contributed by atoms with van der Waals surface area (Å²) in [6.07, 6.45) is -0.148. The molecule has 16 nitrogen and oxygen atoms in total. The van der Waals surface area contributed by atoms with E-state index >= 15 is 0 Å². The van der Waals surface area contributed by atoms with E-state index in [1.807, 2.05) is 0 Å². The maximum absolute atomic E-state index is 13.7. The van der Waals surface area contributed by atoms with Gasteiger partial charge in [-0.3, -0.25) is 33.6 Å². The fraction of sp³-hybridized carbons (Fsp3) is 0.536. The summed E-state index contributed by atoms with van der Waals surface area (Å²) < 4.78 is 0. The summed E-state index contributed by atoms with van der Waals surface area (Å²) in [6, 6.07) is 2.13. The largest absolute Gasteiger partial charge is 0.508 e. The highest BCUT2D eigenvalue weighted by atomic mass is 16.3. The Morgan fingerprint density at radius 1 is 0.977 bits per heavy atom. The van der Waals surface area contributed by atoms with Crippen LogP contribution in [-0.2, 0) is 40.0 Å². The van der Waals surface area contributed by atoms with Crippen LogP contribution in [-0.4, -0.2) is 118 Å². The fourth-order valence-corrected chi connectivity index (χ4v) is 5.27. The summed E-state index contributed by atoms with van der Waals surface area (Å²) in [5.41, 5.74) is 5.66. The van der Waals surface area contributed by atoms with Crippen molar-refractivity contribution in [3.63, 3.8) is 0 Å². The summed E-state index contributed by atoms with van der Waals surface area (Å²) >= 11 is 0. The number of aliphatic hydroxyl groups excluding tert-OH is 1. The Morgan fingerprint density at radius 3 is 2.30 bits per heavy atom. The minimum absolute atomic E-state index is 0.0485. The van der Waals surface area contributed by atoms with Gasteiger partial charge in [0.25, 0.3) is 0 Å². The Labute approximate surface area is 253 Å². The normalized spacial score (nSPS) is 20.8. The first-order valence-electron chi connectivity index (χ1n) is 14.2. The molecule has 0 bridgehead atoms. The molecule has 1 aromatic rings. The van der Waals surface area contributed by atoms with Gasteiger partial charge in [0.15, 0.2) is 0 Å². The third-order valence-corrected chi connectivity index (χ3v) is 7.37. The van der Waals surface area contributed by atoms with Gasteiger partial charge in [0, 0.05) is 32.9 Å². The number of rotatable bonds is 12. The Kier molecular flexibility index (Phi) is 11.6. The van der Waals surface area contributed by atoms with E-state index in [-0.39, 0.29) is 31.7 Å². The molecular formula is C28H39N7O9. The minimum atomic E-state index is -1.11. The van der Waals surface area contributed by atoms with Crippen LogP contribution in [0.25, 0.3) is 0 Å².